The van der Waals surface area contributed by atoms with Crippen molar-refractivity contribution in [3.05, 3.63) is 59.1 Å². The van der Waals surface area contributed by atoms with Crippen LogP contribution in [-0.2, 0) is 16.1 Å². The van der Waals surface area contributed by atoms with Crippen molar-refractivity contribution in [2.45, 2.75) is 101 Å². The second kappa shape index (κ2) is 17.3. The molecule has 0 aliphatic carbocycles. The number of phenols is 2. The highest BCUT2D eigenvalue weighted by molar-refractivity contribution is 8.00. The maximum absolute atomic E-state index is 12.5. The lowest BCUT2D eigenvalue weighted by atomic mass is 9.88. The molecule has 14 nitrogen and oxygen atoms in total. The van der Waals surface area contributed by atoms with Crippen molar-refractivity contribution in [1.82, 2.24) is 25.8 Å². The molecule has 2 fully saturated rings. The first-order chi connectivity index (χ1) is 25.3. The zero-order chi connectivity index (χ0) is 38.3. The van der Waals surface area contributed by atoms with Gasteiger partial charge >= 0.3 is 6.03 Å². The Morgan fingerprint density at radius 1 is 1.04 bits per heavy atom. The summed E-state index contributed by atoms with van der Waals surface area (Å²) in [6.45, 7) is 7.35. The van der Waals surface area contributed by atoms with Crippen molar-refractivity contribution in [3.63, 3.8) is 0 Å². The number of urea groups is 1. The largest absolute Gasteiger partial charge is 0.515 e. The van der Waals surface area contributed by atoms with E-state index in [4.69, 9.17) is 5.41 Å². The first-order valence-corrected chi connectivity index (χ1v) is 19.4. The highest BCUT2D eigenvalue weighted by Crippen LogP contribution is 2.41. The molecule has 2 saturated heterocycles. The van der Waals surface area contributed by atoms with Gasteiger partial charge in [0.25, 0.3) is 0 Å². The molecule has 3 heterocycles. The van der Waals surface area contributed by atoms with Crippen LogP contribution in [0.3, 0.4) is 0 Å². The number of hydrogen-bond donors (Lipinski definition) is 8. The summed E-state index contributed by atoms with van der Waals surface area (Å²) >= 11 is 1.89. The number of aliphatic hydroxyl groups is 1. The molecule has 3 aromatic rings. The fourth-order valence-electron chi connectivity index (χ4n) is 7.12. The van der Waals surface area contributed by atoms with Gasteiger partial charge in [0.05, 0.1) is 23.4 Å². The van der Waals surface area contributed by atoms with Crippen LogP contribution in [0, 0.1) is 5.41 Å². The number of anilines is 1. The summed E-state index contributed by atoms with van der Waals surface area (Å²) in [4.78, 5) is 37.3. The predicted octanol–water partition coefficient (Wildman–Crippen LogP) is 5.40. The van der Waals surface area contributed by atoms with Crippen LogP contribution in [0.2, 0.25) is 0 Å². The van der Waals surface area contributed by atoms with Gasteiger partial charge in [0.15, 0.2) is 0 Å². The van der Waals surface area contributed by atoms with E-state index in [0.717, 1.165) is 66.1 Å². The van der Waals surface area contributed by atoms with Crippen molar-refractivity contribution in [3.8, 4) is 11.5 Å². The Bertz CT molecular complexity index is 1850. The molecular weight excluding hydrogens is 697 g/mol. The van der Waals surface area contributed by atoms with Gasteiger partial charge in [-0.2, -0.15) is 11.8 Å². The van der Waals surface area contributed by atoms with Crippen LogP contribution in [0.4, 0.5) is 10.5 Å². The molecule has 2 aliphatic rings. The number of carbonyl (C=O) groups is 3. The Morgan fingerprint density at radius 3 is 2.47 bits per heavy atom. The number of carbonyl (C=O) groups excluding carboxylic acids is 3. The Kier molecular flexibility index (Phi) is 12.8. The van der Waals surface area contributed by atoms with Gasteiger partial charge in [0.2, 0.25) is 11.8 Å². The molecule has 1 aromatic heterocycles. The van der Waals surface area contributed by atoms with Gasteiger partial charge in [-0.15, -0.1) is 0 Å². The lowest BCUT2D eigenvalue weighted by Crippen LogP contribution is -2.50. The van der Waals surface area contributed by atoms with Crippen LogP contribution in [-0.4, -0.2) is 85.3 Å². The van der Waals surface area contributed by atoms with E-state index >= 15 is 0 Å². The van der Waals surface area contributed by atoms with E-state index in [1.54, 1.807) is 18.2 Å². The van der Waals surface area contributed by atoms with Crippen LogP contribution < -0.4 is 26.2 Å². The minimum Gasteiger partial charge on any atom is -0.515 e. The van der Waals surface area contributed by atoms with Crippen LogP contribution in [0.25, 0.3) is 16.3 Å². The average molecular weight is 748 g/mol. The van der Waals surface area contributed by atoms with E-state index in [1.807, 2.05) is 42.4 Å². The molecule has 0 bridgehead atoms. The van der Waals surface area contributed by atoms with Gasteiger partial charge in [-0.25, -0.2) is 4.79 Å². The van der Waals surface area contributed by atoms with Crippen molar-refractivity contribution in [2.24, 2.45) is 0 Å². The van der Waals surface area contributed by atoms with E-state index in [9.17, 15) is 35.1 Å². The number of thioether (sulfide) groups is 1. The van der Waals surface area contributed by atoms with Crippen LogP contribution in [0.15, 0.2) is 42.6 Å². The number of nitrogens with one attached hydrogen (secondary N) is 5. The third-order valence-electron chi connectivity index (χ3n) is 10.2. The molecule has 2 aliphatic heterocycles. The third-order valence-corrected chi connectivity index (χ3v) is 11.9. The second-order valence-corrected chi connectivity index (χ2v) is 15.6. The molecule has 53 heavy (non-hydrogen) atoms. The summed E-state index contributed by atoms with van der Waals surface area (Å²) < 4.78 is 1.97. The van der Waals surface area contributed by atoms with Gasteiger partial charge in [-0.3, -0.25) is 9.59 Å². The zero-order valence-electron chi connectivity index (χ0n) is 30.6. The van der Waals surface area contributed by atoms with E-state index in [1.165, 1.54) is 6.07 Å². The van der Waals surface area contributed by atoms with Crippen LogP contribution >= 0.6 is 11.8 Å². The number of amidine groups is 2. The number of aromatic hydroxyl groups is 2. The van der Waals surface area contributed by atoms with Crippen molar-refractivity contribution < 1.29 is 29.7 Å². The van der Waals surface area contributed by atoms with Crippen LogP contribution in [0.1, 0.15) is 89.2 Å². The fraction of sp³-hybridized carbons (Fsp3) is 0.500. The summed E-state index contributed by atoms with van der Waals surface area (Å²) in [5.41, 5.74) is 1.45. The van der Waals surface area contributed by atoms with Gasteiger partial charge in [0.1, 0.15) is 11.5 Å². The molecule has 4 amide bonds. The number of unbranched alkanes of at least 4 members (excludes halogenated alkanes) is 3. The zero-order valence-corrected chi connectivity index (χ0v) is 31.4. The van der Waals surface area contributed by atoms with E-state index < -0.39 is 6.02 Å². The molecule has 0 radical (unpaired) electrons. The highest BCUT2D eigenvalue weighted by atomic mass is 32.2. The van der Waals surface area contributed by atoms with Gasteiger partial charge in [-0.1, -0.05) is 32.8 Å². The molecule has 0 saturated carbocycles. The quantitative estimate of drug-likeness (QED) is 0.0387. The Hall–Kier alpha value is -4.92. The Labute approximate surface area is 314 Å². The number of fused-ring (bicyclic) bond motifs is 2. The van der Waals surface area contributed by atoms with Crippen molar-refractivity contribution in [2.75, 3.05) is 23.7 Å². The maximum atomic E-state index is 12.5. The average Bonchev–Trinajstić information content (AvgIpc) is 3.73. The summed E-state index contributed by atoms with van der Waals surface area (Å²) in [5, 5.41) is 62.8. The van der Waals surface area contributed by atoms with Gasteiger partial charge in [0, 0.05) is 66.8 Å². The number of aliphatic hydroxyl groups excluding tert-OH is 1. The second-order valence-electron chi connectivity index (χ2n) is 14.3. The molecule has 2 aromatic carbocycles. The number of amides is 4. The first kappa shape index (κ1) is 39.3. The summed E-state index contributed by atoms with van der Waals surface area (Å²) in [6, 6.07) is 8.49. The SMILES string of the molecule is CC(C)c1cc(C(=N)N(C(=[N-])O)c2ccc3c(ccn3CCNC(=O)CCCCCNC(=O)CCCC[C@H]3SCC4NC(=O)N[C@@]43C)c2)c(O)cc1O. The Morgan fingerprint density at radius 2 is 1.75 bits per heavy atom. The van der Waals surface area contributed by atoms with E-state index in [0.29, 0.717) is 43.3 Å². The maximum Gasteiger partial charge on any atom is 0.315 e. The van der Waals surface area contributed by atoms with Crippen LogP contribution in [0.5, 0.6) is 11.5 Å². The molecule has 0 spiro atoms. The minimum absolute atomic E-state index is 0.0251. The number of aromatic nitrogens is 1. The minimum atomic E-state index is -1.14. The highest BCUT2D eigenvalue weighted by Gasteiger charge is 2.52. The van der Waals surface area contributed by atoms with Crippen molar-refractivity contribution in [1.29, 1.82) is 5.41 Å². The van der Waals surface area contributed by atoms with Crippen molar-refractivity contribution >= 4 is 58.1 Å². The number of benzene rings is 2. The molecule has 5 rings (SSSR count). The fourth-order valence-corrected chi connectivity index (χ4v) is 8.88. The number of nitrogens with zero attached hydrogens (tertiary/aromatic N) is 3. The molecule has 3 atom stereocenters. The molecule has 15 heteroatoms. The Balaban J connectivity index is 0.982. The topological polar surface area (TPSA) is 214 Å². The first-order valence-electron chi connectivity index (χ1n) is 18.3. The molecule has 8 N–H and O–H groups in total. The lowest BCUT2D eigenvalue weighted by molar-refractivity contribution is -0.122. The van der Waals surface area contributed by atoms with Gasteiger partial charge < -0.3 is 56.9 Å². The normalized spacial score (nSPS) is 19.1. The predicted molar refractivity (Wildman–Crippen MR) is 209 cm³/mol. The molecule has 286 valence electrons. The standard InChI is InChI=1S/C38H51N8O6S/c1-23(2)26-20-27(30(48)21-29(26)47)35(39)46(36(40)51)25-12-13-28-24(19-25)14-17-45(28)18-16-42-34(50)10-5-4-8-15-41-33(49)11-7-6-9-32-38(3)31(22-53-32)43-37(52)44-38/h12-14,17,19-21,23,31-32H,4-11,15-16,18,22H2,1-3H3,(H8-,39,40,41,42,43,44,47,48,49,50,51,52)/q-1/t31?,32-,38+/m1/s1. The van der Waals surface area contributed by atoms with E-state index in [2.05, 4.69) is 28.2 Å². The number of hydrogen-bond acceptors (Lipinski definition) is 7. The summed E-state index contributed by atoms with van der Waals surface area (Å²) in [6.07, 6.45) is 7.84. The number of rotatable bonds is 17. The third kappa shape index (κ3) is 9.36. The summed E-state index contributed by atoms with van der Waals surface area (Å²) in [5.74, 6) is -0.0361. The molecular formula is C38H51N8O6S-. The van der Waals surface area contributed by atoms with Gasteiger partial charge in [-0.05, 0) is 79.4 Å². The van der Waals surface area contributed by atoms with E-state index in [-0.39, 0.29) is 63.9 Å². The lowest BCUT2D eigenvalue weighted by Gasteiger charge is -2.32. The number of phenolic OH excluding ortho intramolecular Hbond substituents is 2. The summed E-state index contributed by atoms with van der Waals surface area (Å²) in [7, 11) is 0. The molecule has 1 unspecified atom stereocenters. The smallest absolute Gasteiger partial charge is 0.315 e. The monoisotopic (exact) mass is 747 g/mol.